The Morgan fingerprint density at radius 2 is 1.70 bits per heavy atom. The lowest BCUT2D eigenvalue weighted by Gasteiger charge is -2.21. The zero-order valence-electron chi connectivity index (χ0n) is 17.5. The third kappa shape index (κ3) is 6.93. The van der Waals surface area contributed by atoms with Crippen LogP contribution in [0, 0.1) is 0 Å². The molecule has 0 radical (unpaired) electrons. The van der Waals surface area contributed by atoms with E-state index in [0.717, 1.165) is 37.7 Å². The maximum absolute atomic E-state index is 14.7. The molecule has 0 aliphatic heterocycles. The van der Waals surface area contributed by atoms with Gasteiger partial charge in [-0.3, -0.25) is 9.59 Å². The topological polar surface area (TPSA) is 46.2 Å². The van der Waals surface area contributed by atoms with Crippen LogP contribution in [-0.4, -0.2) is 18.1 Å². The lowest BCUT2D eigenvalue weighted by molar-refractivity contribution is -0.118. The Bertz CT molecular complexity index is 676. The van der Waals surface area contributed by atoms with Gasteiger partial charge in [0.15, 0.2) is 5.83 Å². The van der Waals surface area contributed by atoms with E-state index in [1.807, 2.05) is 19.9 Å². The zero-order valence-corrected chi connectivity index (χ0v) is 17.5. The first kappa shape index (κ1) is 23.1. The summed E-state index contributed by atoms with van der Waals surface area (Å²) in [6, 6.07) is 0. The van der Waals surface area contributed by atoms with E-state index < -0.39 is 11.6 Å². The number of halogens is 1. The van der Waals surface area contributed by atoms with Crippen molar-refractivity contribution in [2.75, 3.05) is 6.54 Å². The molecule has 0 bridgehead atoms. The van der Waals surface area contributed by atoms with Crippen molar-refractivity contribution < 1.29 is 14.0 Å². The molecule has 3 nitrogen and oxygen atoms in total. The highest BCUT2D eigenvalue weighted by Crippen LogP contribution is 2.30. The van der Waals surface area contributed by atoms with Crippen LogP contribution >= 0.6 is 0 Å². The molecule has 0 saturated carbocycles. The molecule has 0 amide bonds. The predicted molar refractivity (Wildman–Crippen MR) is 110 cm³/mol. The first-order valence-corrected chi connectivity index (χ1v) is 10.1. The summed E-state index contributed by atoms with van der Waals surface area (Å²) >= 11 is 0. The molecule has 1 aliphatic rings. The van der Waals surface area contributed by atoms with Crippen LogP contribution in [0.15, 0.2) is 46.0 Å². The minimum absolute atomic E-state index is 0.0169. The lowest BCUT2D eigenvalue weighted by Crippen LogP contribution is -2.31. The Morgan fingerprint density at radius 1 is 1.00 bits per heavy atom. The molecule has 1 N–H and O–H groups in total. The number of carbonyl (C=O) groups is 2. The summed E-state index contributed by atoms with van der Waals surface area (Å²) in [5.41, 5.74) is 2.94. The van der Waals surface area contributed by atoms with Gasteiger partial charge in [-0.15, -0.1) is 0 Å². The molecular weight excluding hydrogens is 341 g/mol. The second kappa shape index (κ2) is 11.7. The molecular formula is C23H34FNO2. The third-order valence-electron chi connectivity index (χ3n) is 4.67. The number of rotatable bonds is 11. The van der Waals surface area contributed by atoms with E-state index in [1.165, 1.54) is 5.57 Å². The summed E-state index contributed by atoms with van der Waals surface area (Å²) in [5, 5.41) is 3.01. The smallest absolute Gasteiger partial charge is 0.219 e. The summed E-state index contributed by atoms with van der Waals surface area (Å²) in [5.74, 6) is -1.86. The van der Waals surface area contributed by atoms with Crippen molar-refractivity contribution in [3.63, 3.8) is 0 Å². The maximum Gasteiger partial charge on any atom is 0.219 e. The minimum atomic E-state index is -0.874. The van der Waals surface area contributed by atoms with Crippen molar-refractivity contribution in [3.05, 3.63) is 46.0 Å². The first-order valence-electron chi connectivity index (χ1n) is 10.1. The monoisotopic (exact) mass is 375 g/mol. The van der Waals surface area contributed by atoms with Crippen molar-refractivity contribution in [1.29, 1.82) is 0 Å². The van der Waals surface area contributed by atoms with Gasteiger partial charge in [0.25, 0.3) is 0 Å². The number of likely N-dealkylation sites (N-methyl/N-ethyl adjacent to an activating group) is 1. The molecule has 0 atom stereocenters. The van der Waals surface area contributed by atoms with E-state index in [-0.39, 0.29) is 17.8 Å². The lowest BCUT2D eigenvalue weighted by atomic mass is 9.87. The highest BCUT2D eigenvalue weighted by atomic mass is 19.1. The molecule has 0 aromatic rings. The van der Waals surface area contributed by atoms with Crippen LogP contribution in [0.4, 0.5) is 4.39 Å². The van der Waals surface area contributed by atoms with Gasteiger partial charge in [-0.25, -0.2) is 4.39 Å². The quantitative estimate of drug-likeness (QED) is 0.278. The molecule has 0 spiro atoms. The number of Topliss-reactive ketones (excluding diaryl/α,β-unsaturated/α-hetero) is 2. The Hall–Kier alpha value is -1.97. The van der Waals surface area contributed by atoms with E-state index in [1.54, 1.807) is 0 Å². The predicted octanol–water partition coefficient (Wildman–Crippen LogP) is 5.89. The highest BCUT2D eigenvalue weighted by Gasteiger charge is 2.33. The molecule has 27 heavy (non-hydrogen) atoms. The normalized spacial score (nSPS) is 15.6. The van der Waals surface area contributed by atoms with Crippen molar-refractivity contribution in [1.82, 2.24) is 5.32 Å². The van der Waals surface area contributed by atoms with Gasteiger partial charge < -0.3 is 5.32 Å². The van der Waals surface area contributed by atoms with Crippen molar-refractivity contribution in [3.8, 4) is 0 Å². The summed E-state index contributed by atoms with van der Waals surface area (Å²) in [4.78, 5) is 25.4. The number of allylic oxidation sites excluding steroid dienone is 7. The fourth-order valence-electron chi connectivity index (χ4n) is 3.07. The van der Waals surface area contributed by atoms with Crippen LogP contribution < -0.4 is 5.32 Å². The van der Waals surface area contributed by atoms with Gasteiger partial charge in [-0.1, -0.05) is 43.1 Å². The fraction of sp³-hybridized carbons (Fsp3) is 0.565. The number of ketones is 2. The molecule has 1 aliphatic carbocycles. The van der Waals surface area contributed by atoms with E-state index >= 15 is 0 Å². The first-order chi connectivity index (χ1) is 12.8. The molecule has 0 heterocycles. The molecule has 0 aromatic heterocycles. The van der Waals surface area contributed by atoms with Crippen molar-refractivity contribution in [2.24, 2.45) is 0 Å². The molecule has 1 rings (SSSR count). The zero-order chi connectivity index (χ0) is 20.4. The Labute approximate surface area is 163 Å². The fourth-order valence-corrected chi connectivity index (χ4v) is 3.07. The summed E-state index contributed by atoms with van der Waals surface area (Å²) in [6.45, 7) is 10.5. The standard InChI is InChI=1S/C23H34FNO2/c1-6-8-9-13-19-21(25-7-2)23(27)18(20(24)22(19)26)15-14-17(5)12-10-11-16(3)4/h11,14,25H,6-10,12-13,15H2,1-5H3/b17-14+. The summed E-state index contributed by atoms with van der Waals surface area (Å²) in [7, 11) is 0. The van der Waals surface area contributed by atoms with Gasteiger partial charge in [-0.05, 0) is 59.8 Å². The van der Waals surface area contributed by atoms with Gasteiger partial charge in [0.2, 0.25) is 11.6 Å². The van der Waals surface area contributed by atoms with E-state index in [4.69, 9.17) is 0 Å². The molecule has 0 fully saturated rings. The molecule has 0 unspecified atom stereocenters. The summed E-state index contributed by atoms with van der Waals surface area (Å²) in [6.07, 6.45) is 9.15. The molecule has 150 valence electrons. The maximum atomic E-state index is 14.7. The number of hydrogen-bond acceptors (Lipinski definition) is 3. The second-order valence-corrected chi connectivity index (χ2v) is 7.37. The third-order valence-corrected chi connectivity index (χ3v) is 4.67. The van der Waals surface area contributed by atoms with Crippen LogP contribution in [0.2, 0.25) is 0 Å². The van der Waals surface area contributed by atoms with Crippen LogP contribution in [0.3, 0.4) is 0 Å². The van der Waals surface area contributed by atoms with Crippen LogP contribution in [0.25, 0.3) is 0 Å². The second-order valence-electron chi connectivity index (χ2n) is 7.37. The van der Waals surface area contributed by atoms with E-state index in [2.05, 4.69) is 32.2 Å². The van der Waals surface area contributed by atoms with E-state index in [0.29, 0.717) is 24.2 Å². The Balaban J connectivity index is 2.97. The van der Waals surface area contributed by atoms with E-state index in [9.17, 15) is 14.0 Å². The molecule has 4 heteroatoms. The van der Waals surface area contributed by atoms with Gasteiger partial charge >= 0.3 is 0 Å². The van der Waals surface area contributed by atoms with Gasteiger partial charge in [0, 0.05) is 17.7 Å². The molecule has 0 aromatic carbocycles. The Morgan fingerprint density at radius 3 is 2.30 bits per heavy atom. The molecule has 0 saturated heterocycles. The average molecular weight is 376 g/mol. The average Bonchev–Trinajstić information content (AvgIpc) is 2.61. The van der Waals surface area contributed by atoms with Gasteiger partial charge in [-0.2, -0.15) is 0 Å². The highest BCUT2D eigenvalue weighted by molar-refractivity contribution is 6.24. The van der Waals surface area contributed by atoms with Gasteiger partial charge in [0.05, 0.1) is 5.70 Å². The van der Waals surface area contributed by atoms with Crippen LogP contribution in [-0.2, 0) is 9.59 Å². The number of carbonyl (C=O) groups excluding carboxylic acids is 2. The minimum Gasteiger partial charge on any atom is -0.382 e. The summed E-state index contributed by atoms with van der Waals surface area (Å²) < 4.78 is 14.7. The van der Waals surface area contributed by atoms with Crippen LogP contribution in [0.5, 0.6) is 0 Å². The number of nitrogens with one attached hydrogen (secondary N) is 1. The van der Waals surface area contributed by atoms with Crippen LogP contribution in [0.1, 0.15) is 79.6 Å². The van der Waals surface area contributed by atoms with Crippen molar-refractivity contribution in [2.45, 2.75) is 79.6 Å². The van der Waals surface area contributed by atoms with Crippen molar-refractivity contribution >= 4 is 11.6 Å². The Kier molecular flexibility index (Phi) is 9.98. The SMILES string of the molecule is CCCCCC1=C(NCC)C(=O)C(C/C=C(\C)CCC=C(C)C)=C(F)C1=O. The number of hydrogen-bond donors (Lipinski definition) is 1. The number of unbranched alkanes of at least 4 members (excludes halogenated alkanes) is 2. The van der Waals surface area contributed by atoms with Gasteiger partial charge in [0.1, 0.15) is 0 Å². The largest absolute Gasteiger partial charge is 0.382 e.